The molecule has 2 amide bonds. The summed E-state index contributed by atoms with van der Waals surface area (Å²) in [4.78, 5) is 28.2. The Kier molecular flexibility index (Phi) is 9.21. The van der Waals surface area contributed by atoms with Gasteiger partial charge < -0.3 is 14.8 Å². The van der Waals surface area contributed by atoms with E-state index in [1.165, 1.54) is 0 Å². The number of alkyl halides is 6. The van der Waals surface area contributed by atoms with Crippen molar-refractivity contribution < 1.29 is 50.7 Å². The fourth-order valence-corrected chi connectivity index (χ4v) is 7.75. The number of carbonyl (C=O) groups is 2. The lowest BCUT2D eigenvalue weighted by Gasteiger charge is -2.43. The summed E-state index contributed by atoms with van der Waals surface area (Å²) in [7, 11) is -1.30. The van der Waals surface area contributed by atoms with Crippen LogP contribution in [0.4, 0.5) is 32.0 Å². The van der Waals surface area contributed by atoms with Crippen molar-refractivity contribution in [2.45, 2.75) is 70.7 Å². The molecule has 6 rings (SSSR count). The first-order valence-electron chi connectivity index (χ1n) is 16.2. The van der Waals surface area contributed by atoms with Crippen LogP contribution in [0.25, 0.3) is 16.8 Å². The second-order valence-electron chi connectivity index (χ2n) is 13.1. The van der Waals surface area contributed by atoms with E-state index < -0.39 is 72.0 Å². The van der Waals surface area contributed by atoms with Gasteiger partial charge >= 0.3 is 19.5 Å². The number of aromatic hydroxyl groups is 1. The molecular weight excluding hydrogens is 651 g/mol. The van der Waals surface area contributed by atoms with Crippen molar-refractivity contribution in [2.75, 3.05) is 4.90 Å². The third-order valence-corrected chi connectivity index (χ3v) is 9.83. The van der Waals surface area contributed by atoms with Gasteiger partial charge in [0.1, 0.15) is 5.75 Å². The van der Waals surface area contributed by atoms with Crippen molar-refractivity contribution in [3.8, 4) is 5.75 Å². The Labute approximate surface area is 279 Å². The summed E-state index contributed by atoms with van der Waals surface area (Å²) in [6.07, 6.45) is -6.70. The summed E-state index contributed by atoms with van der Waals surface area (Å²) in [5.41, 5.74) is -0.507. The molecule has 3 aromatic rings. The number of amides is 2. The summed E-state index contributed by atoms with van der Waals surface area (Å²) in [6.45, 7) is 3.88. The second kappa shape index (κ2) is 13.0. The van der Waals surface area contributed by atoms with Crippen LogP contribution in [0.1, 0.15) is 62.6 Å². The molecule has 1 aliphatic carbocycles. The first-order valence-corrected chi connectivity index (χ1v) is 16.2. The fourth-order valence-electron chi connectivity index (χ4n) is 7.75. The average Bonchev–Trinajstić information content (AvgIpc) is 3.29. The number of imide groups is 1. The molecule has 0 radical (unpaired) electrons. The lowest BCUT2D eigenvalue weighted by Crippen LogP contribution is -2.46. The number of nitrogens with zero attached hydrogens (tertiary/aromatic N) is 1. The normalized spacial score (nSPS) is 23.4. The highest BCUT2D eigenvalue weighted by atomic mass is 19.4. The number of allylic oxidation sites excluding steroid dienone is 2. The largest absolute Gasteiger partial charge is 0.507 e. The van der Waals surface area contributed by atoms with Crippen LogP contribution in [0.5, 0.6) is 5.75 Å². The monoisotopic (exact) mass is 685 g/mol. The van der Waals surface area contributed by atoms with Crippen molar-refractivity contribution in [1.82, 2.24) is 0 Å². The molecule has 2 fully saturated rings. The quantitative estimate of drug-likeness (QED) is 0.113. The first-order chi connectivity index (χ1) is 23.1. The highest BCUT2D eigenvalue weighted by Gasteiger charge is 2.58. The van der Waals surface area contributed by atoms with Crippen LogP contribution in [0.3, 0.4) is 0 Å². The van der Waals surface area contributed by atoms with Gasteiger partial charge in [-0.05, 0) is 85.6 Å². The smallest absolute Gasteiger partial charge is 0.455 e. The zero-order chi connectivity index (χ0) is 35.4. The van der Waals surface area contributed by atoms with Gasteiger partial charge in [0, 0.05) is 5.39 Å². The molecule has 4 atom stereocenters. The predicted octanol–water partition coefficient (Wildman–Crippen LogP) is 8.57. The van der Waals surface area contributed by atoms with Gasteiger partial charge in [0.15, 0.2) is 0 Å². The topological polar surface area (TPSA) is 87.1 Å². The van der Waals surface area contributed by atoms with Gasteiger partial charge in [-0.3, -0.25) is 9.59 Å². The molecule has 2 heterocycles. The van der Waals surface area contributed by atoms with E-state index in [9.17, 15) is 46.1 Å². The molecule has 2 saturated heterocycles. The Balaban J connectivity index is 1.32. The Hall–Kier alpha value is -4.10. The molecule has 6 nitrogen and oxygen atoms in total. The number of phenolic OH excluding ortho intramolecular Hbond substituents is 1. The van der Waals surface area contributed by atoms with Crippen molar-refractivity contribution in [3.05, 3.63) is 88.0 Å². The van der Waals surface area contributed by atoms with Gasteiger partial charge in [0.05, 0.1) is 34.8 Å². The number of benzene rings is 3. The highest BCUT2D eigenvalue weighted by Crippen LogP contribution is 2.52. The van der Waals surface area contributed by atoms with Crippen LogP contribution in [-0.2, 0) is 26.6 Å². The average molecular weight is 685 g/mol. The first kappa shape index (κ1) is 34.8. The number of carbonyl (C=O) groups excluding carboxylic acids is 2. The molecule has 2 N–H and O–H groups in total. The fraction of sp³-hybridized carbons (Fsp3) is 0.389. The molecule has 3 aliphatic rings. The Morgan fingerprint density at radius 1 is 0.959 bits per heavy atom. The van der Waals surface area contributed by atoms with Gasteiger partial charge in [-0.1, -0.05) is 60.9 Å². The molecule has 49 heavy (non-hydrogen) atoms. The summed E-state index contributed by atoms with van der Waals surface area (Å²) < 4.78 is 88.1. The number of hydrogen-bond acceptors (Lipinski definition) is 5. The molecule has 0 bridgehead atoms. The number of halogens is 6. The Morgan fingerprint density at radius 3 is 2.24 bits per heavy atom. The maximum Gasteiger partial charge on any atom is 0.455 e. The SMILES string of the molecule is CCCC1=C2[C@@H](CC/C(C)=C/c3ccc(O)c4ccccc34)OB(O)C[C@@H]2[C@@H]2C(=O)N(c3cc(C(F)(F)F)cc(C(F)(F)F)c3)C(=O)[C@@H]2C1. The molecule has 0 unspecified atom stereocenters. The Bertz CT molecular complexity index is 1840. The summed E-state index contributed by atoms with van der Waals surface area (Å²) >= 11 is 0. The maximum absolute atomic E-state index is 14.0. The third-order valence-electron chi connectivity index (χ3n) is 9.83. The van der Waals surface area contributed by atoms with Gasteiger partial charge in [-0.2, -0.15) is 26.3 Å². The van der Waals surface area contributed by atoms with Crippen molar-refractivity contribution in [2.24, 2.45) is 17.8 Å². The summed E-state index contributed by atoms with van der Waals surface area (Å²) in [5.74, 6) is -4.33. The second-order valence-corrected chi connectivity index (χ2v) is 13.1. The predicted molar refractivity (Wildman–Crippen MR) is 172 cm³/mol. The van der Waals surface area contributed by atoms with Gasteiger partial charge in [-0.15, -0.1) is 0 Å². The summed E-state index contributed by atoms with van der Waals surface area (Å²) in [5, 5.41) is 22.7. The lowest BCUT2D eigenvalue weighted by molar-refractivity contribution is -0.143. The Morgan fingerprint density at radius 2 is 1.61 bits per heavy atom. The number of phenols is 1. The van der Waals surface area contributed by atoms with Gasteiger partial charge in [0.2, 0.25) is 11.8 Å². The van der Waals surface area contributed by atoms with Gasteiger partial charge in [0.25, 0.3) is 0 Å². The molecule has 0 saturated carbocycles. The van der Waals surface area contributed by atoms with Crippen molar-refractivity contribution >= 4 is 41.5 Å². The zero-order valence-corrected chi connectivity index (χ0v) is 26.7. The van der Waals surface area contributed by atoms with E-state index in [4.69, 9.17) is 4.65 Å². The lowest BCUT2D eigenvalue weighted by atomic mass is 9.58. The molecule has 0 spiro atoms. The van der Waals surface area contributed by atoms with E-state index in [0.29, 0.717) is 48.1 Å². The van der Waals surface area contributed by atoms with E-state index >= 15 is 0 Å². The van der Waals surface area contributed by atoms with Crippen LogP contribution >= 0.6 is 0 Å². The van der Waals surface area contributed by atoms with E-state index in [1.807, 2.05) is 50.3 Å². The minimum atomic E-state index is -5.16. The minimum Gasteiger partial charge on any atom is -0.507 e. The van der Waals surface area contributed by atoms with E-state index in [1.54, 1.807) is 6.07 Å². The third kappa shape index (κ3) is 6.62. The number of hydrogen-bond donors (Lipinski definition) is 2. The zero-order valence-electron chi connectivity index (χ0n) is 26.7. The summed E-state index contributed by atoms with van der Waals surface area (Å²) in [6, 6.07) is 11.6. The number of rotatable bonds is 7. The maximum atomic E-state index is 14.0. The van der Waals surface area contributed by atoms with Crippen molar-refractivity contribution in [1.29, 1.82) is 0 Å². The molecular formula is C36H34BF6NO5. The van der Waals surface area contributed by atoms with E-state index in [2.05, 4.69) is 0 Å². The molecule has 2 aliphatic heterocycles. The van der Waals surface area contributed by atoms with Crippen LogP contribution in [0, 0.1) is 17.8 Å². The molecule has 258 valence electrons. The molecule has 13 heteroatoms. The standard InChI is InChI=1S/C36H34BF6NO5/c1-3-6-21-14-27-32(34(47)44(33(27)46)24-16-22(35(38,39)40)15-23(17-24)36(41,42)43)28-18-37(48)49-30(31(21)28)12-9-19(2)13-20-10-11-29(45)26-8-5-4-7-25(20)26/h4-5,7-8,10-11,13,15-17,27-28,30,32,45,48H,3,6,9,12,14,18H2,1-2H3/b19-13+/t27-,28+,30-,32-/m1/s1. The van der Waals surface area contributed by atoms with Gasteiger partial charge in [-0.25, -0.2) is 4.90 Å². The molecule has 3 aromatic carbocycles. The van der Waals surface area contributed by atoms with E-state index in [0.717, 1.165) is 27.7 Å². The molecule has 0 aromatic heterocycles. The minimum absolute atomic E-state index is 0.0411. The van der Waals surface area contributed by atoms with Crippen molar-refractivity contribution in [3.63, 3.8) is 0 Å². The van der Waals surface area contributed by atoms with Crippen LogP contribution in [0.2, 0.25) is 6.32 Å². The van der Waals surface area contributed by atoms with Crippen LogP contribution in [0.15, 0.2) is 71.3 Å². The van der Waals surface area contributed by atoms with Crippen LogP contribution < -0.4 is 4.90 Å². The van der Waals surface area contributed by atoms with E-state index in [-0.39, 0.29) is 24.6 Å². The van der Waals surface area contributed by atoms with Crippen LogP contribution in [-0.4, -0.2) is 35.2 Å². The highest BCUT2D eigenvalue weighted by molar-refractivity contribution is 6.43. The number of anilines is 1. The number of fused-ring (bicyclic) bond motifs is 4.